The Balaban J connectivity index is 2.40. The number of benzene rings is 1. The number of carbonyl (C=O) groups is 4. The Kier molecular flexibility index (Phi) is 10.2. The van der Waals surface area contributed by atoms with Crippen LogP contribution >= 0.6 is 0 Å². The van der Waals surface area contributed by atoms with Gasteiger partial charge >= 0.3 is 12.0 Å². The van der Waals surface area contributed by atoms with E-state index in [0.717, 1.165) is 12.8 Å². The molecule has 0 spiro atoms. The van der Waals surface area contributed by atoms with Gasteiger partial charge in [-0.05, 0) is 51.5 Å². The van der Waals surface area contributed by atoms with Gasteiger partial charge in [0.15, 0.2) is 6.10 Å². The van der Waals surface area contributed by atoms with Crippen LogP contribution in [0.1, 0.15) is 50.9 Å². The van der Waals surface area contributed by atoms with Gasteiger partial charge in [0.25, 0.3) is 11.8 Å². The van der Waals surface area contributed by atoms with Gasteiger partial charge in [0, 0.05) is 11.6 Å². The van der Waals surface area contributed by atoms with Gasteiger partial charge in [0.05, 0.1) is 6.61 Å². The Labute approximate surface area is 170 Å². The predicted octanol–water partition coefficient (Wildman–Crippen LogP) is 1.76. The first-order valence-corrected chi connectivity index (χ1v) is 9.54. The highest BCUT2D eigenvalue weighted by atomic mass is 16.5. The standard InChI is InChI=1S/C20H29N3O6/c1-5-6-11-28-16-9-7-15(8-10-16)19(26)21-12-17(24)29-14(4)18(25)23-20(27)22-13(2)3/h7-10,13-14H,5-6,11-12H2,1-4H3,(H,21,26)(H2,22,23,25,27)/t14-/m1/s1. The molecular formula is C20H29N3O6. The van der Waals surface area contributed by atoms with Crippen molar-refractivity contribution in [3.63, 3.8) is 0 Å². The molecule has 0 unspecified atom stereocenters. The van der Waals surface area contributed by atoms with Crippen LogP contribution in [0.25, 0.3) is 0 Å². The summed E-state index contributed by atoms with van der Waals surface area (Å²) < 4.78 is 10.4. The minimum absolute atomic E-state index is 0.146. The zero-order valence-corrected chi connectivity index (χ0v) is 17.2. The molecule has 0 radical (unpaired) electrons. The number of unbranched alkanes of at least 4 members (excludes halogenated alkanes) is 1. The van der Waals surface area contributed by atoms with Crippen molar-refractivity contribution < 1.29 is 28.7 Å². The number of rotatable bonds is 10. The molecule has 1 rings (SSSR count). The third kappa shape index (κ3) is 9.59. The van der Waals surface area contributed by atoms with Gasteiger partial charge in [0.1, 0.15) is 12.3 Å². The molecular weight excluding hydrogens is 378 g/mol. The first-order chi connectivity index (χ1) is 13.7. The van der Waals surface area contributed by atoms with E-state index in [1.165, 1.54) is 6.92 Å². The maximum absolute atomic E-state index is 12.1. The quantitative estimate of drug-likeness (QED) is 0.401. The Morgan fingerprint density at radius 1 is 1.03 bits per heavy atom. The van der Waals surface area contributed by atoms with Gasteiger partial charge in [-0.25, -0.2) is 4.79 Å². The summed E-state index contributed by atoms with van der Waals surface area (Å²) in [6, 6.07) is 5.71. The number of esters is 1. The van der Waals surface area contributed by atoms with Crippen molar-refractivity contribution in [2.75, 3.05) is 13.2 Å². The molecule has 9 heteroatoms. The molecule has 160 valence electrons. The molecule has 0 saturated heterocycles. The Bertz CT molecular complexity index is 703. The summed E-state index contributed by atoms with van der Waals surface area (Å²) in [5.74, 6) is -1.36. The van der Waals surface area contributed by atoms with E-state index in [0.29, 0.717) is 17.9 Å². The highest BCUT2D eigenvalue weighted by Crippen LogP contribution is 2.12. The fourth-order valence-corrected chi connectivity index (χ4v) is 2.10. The van der Waals surface area contributed by atoms with Crippen LogP contribution in [0.5, 0.6) is 5.75 Å². The van der Waals surface area contributed by atoms with Crippen LogP contribution in [0.3, 0.4) is 0 Å². The average Bonchev–Trinajstić information content (AvgIpc) is 2.66. The van der Waals surface area contributed by atoms with E-state index in [1.807, 2.05) is 0 Å². The number of urea groups is 1. The van der Waals surface area contributed by atoms with Crippen LogP contribution in [-0.4, -0.2) is 49.1 Å². The van der Waals surface area contributed by atoms with E-state index >= 15 is 0 Å². The lowest BCUT2D eigenvalue weighted by Gasteiger charge is -2.14. The highest BCUT2D eigenvalue weighted by Gasteiger charge is 2.20. The molecule has 0 aliphatic heterocycles. The largest absolute Gasteiger partial charge is 0.494 e. The molecule has 1 aromatic carbocycles. The third-order valence-corrected chi connectivity index (χ3v) is 3.61. The van der Waals surface area contributed by atoms with E-state index in [4.69, 9.17) is 9.47 Å². The van der Waals surface area contributed by atoms with Crippen molar-refractivity contribution in [1.29, 1.82) is 0 Å². The Morgan fingerprint density at radius 2 is 1.69 bits per heavy atom. The molecule has 0 aromatic heterocycles. The van der Waals surface area contributed by atoms with Crippen molar-refractivity contribution in [3.8, 4) is 5.75 Å². The average molecular weight is 407 g/mol. The molecule has 0 aliphatic rings. The summed E-state index contributed by atoms with van der Waals surface area (Å²) in [5.41, 5.74) is 0.358. The molecule has 4 amide bonds. The summed E-state index contributed by atoms with van der Waals surface area (Å²) in [6.45, 7) is 7.07. The molecule has 0 fully saturated rings. The number of amides is 4. The summed E-state index contributed by atoms with van der Waals surface area (Å²) >= 11 is 0. The van der Waals surface area contributed by atoms with Crippen molar-refractivity contribution >= 4 is 23.8 Å². The van der Waals surface area contributed by atoms with Crippen LogP contribution in [0.15, 0.2) is 24.3 Å². The number of carbonyl (C=O) groups excluding carboxylic acids is 4. The lowest BCUT2D eigenvalue weighted by Crippen LogP contribution is -2.47. The number of hydrogen-bond donors (Lipinski definition) is 3. The fourth-order valence-electron chi connectivity index (χ4n) is 2.10. The van der Waals surface area contributed by atoms with Gasteiger partial charge in [-0.3, -0.25) is 19.7 Å². The fraction of sp³-hybridized carbons (Fsp3) is 0.500. The minimum atomic E-state index is -1.18. The zero-order valence-electron chi connectivity index (χ0n) is 17.2. The first kappa shape index (κ1) is 23.9. The van der Waals surface area contributed by atoms with Crippen LogP contribution in [0.4, 0.5) is 4.79 Å². The highest BCUT2D eigenvalue weighted by molar-refractivity contribution is 5.98. The molecule has 1 aromatic rings. The number of ether oxygens (including phenoxy) is 2. The SMILES string of the molecule is CCCCOc1ccc(C(=O)NCC(=O)O[C@H](C)C(=O)NC(=O)NC(C)C)cc1. The van der Waals surface area contributed by atoms with Gasteiger partial charge in [-0.15, -0.1) is 0 Å². The molecule has 9 nitrogen and oxygen atoms in total. The maximum Gasteiger partial charge on any atom is 0.326 e. The normalized spacial score (nSPS) is 11.3. The van der Waals surface area contributed by atoms with Gasteiger partial charge in [-0.2, -0.15) is 0 Å². The van der Waals surface area contributed by atoms with Crippen LogP contribution < -0.4 is 20.7 Å². The molecule has 29 heavy (non-hydrogen) atoms. The summed E-state index contributed by atoms with van der Waals surface area (Å²) in [4.78, 5) is 47.2. The second-order valence-corrected chi connectivity index (χ2v) is 6.66. The molecule has 0 heterocycles. The predicted molar refractivity (Wildman–Crippen MR) is 107 cm³/mol. The lowest BCUT2D eigenvalue weighted by molar-refractivity contribution is -0.153. The molecule has 1 atom stereocenters. The number of nitrogens with one attached hydrogen (secondary N) is 3. The van der Waals surface area contributed by atoms with Gasteiger partial charge < -0.3 is 20.1 Å². The van der Waals surface area contributed by atoms with Crippen molar-refractivity contribution in [1.82, 2.24) is 16.0 Å². The molecule has 0 aliphatic carbocycles. The van der Waals surface area contributed by atoms with E-state index in [2.05, 4.69) is 22.9 Å². The van der Waals surface area contributed by atoms with Crippen molar-refractivity contribution in [3.05, 3.63) is 29.8 Å². The van der Waals surface area contributed by atoms with Gasteiger partial charge in [0.2, 0.25) is 0 Å². The Morgan fingerprint density at radius 3 is 2.28 bits per heavy atom. The first-order valence-electron chi connectivity index (χ1n) is 9.54. The second-order valence-electron chi connectivity index (χ2n) is 6.66. The molecule has 3 N–H and O–H groups in total. The van der Waals surface area contributed by atoms with Crippen LogP contribution in [-0.2, 0) is 14.3 Å². The lowest BCUT2D eigenvalue weighted by atomic mass is 10.2. The van der Waals surface area contributed by atoms with Crippen molar-refractivity contribution in [2.24, 2.45) is 0 Å². The topological polar surface area (TPSA) is 123 Å². The van der Waals surface area contributed by atoms with Crippen LogP contribution in [0, 0.1) is 0 Å². The molecule has 0 bridgehead atoms. The van der Waals surface area contributed by atoms with Crippen LogP contribution in [0.2, 0.25) is 0 Å². The van der Waals surface area contributed by atoms with E-state index in [-0.39, 0.29) is 6.04 Å². The van der Waals surface area contributed by atoms with Crippen molar-refractivity contribution in [2.45, 2.75) is 52.7 Å². The summed E-state index contributed by atoms with van der Waals surface area (Å²) in [5, 5.41) is 6.96. The van der Waals surface area contributed by atoms with Gasteiger partial charge in [-0.1, -0.05) is 13.3 Å². The summed E-state index contributed by atoms with van der Waals surface area (Å²) in [7, 11) is 0. The number of hydrogen-bond acceptors (Lipinski definition) is 6. The monoisotopic (exact) mass is 407 g/mol. The van der Waals surface area contributed by atoms with E-state index in [1.54, 1.807) is 38.1 Å². The number of imide groups is 1. The second kappa shape index (κ2) is 12.4. The maximum atomic E-state index is 12.1. The van der Waals surface area contributed by atoms with E-state index in [9.17, 15) is 19.2 Å². The minimum Gasteiger partial charge on any atom is -0.494 e. The zero-order chi connectivity index (χ0) is 21.8. The Hall–Kier alpha value is -3.10. The third-order valence-electron chi connectivity index (χ3n) is 3.61. The smallest absolute Gasteiger partial charge is 0.326 e. The van der Waals surface area contributed by atoms with E-state index < -0.39 is 36.5 Å². The summed E-state index contributed by atoms with van der Waals surface area (Å²) in [6.07, 6.45) is 0.794. The molecule has 0 saturated carbocycles.